The van der Waals surface area contributed by atoms with Gasteiger partial charge in [0.1, 0.15) is 11.8 Å². The molecule has 0 saturated carbocycles. The number of carbonyl (C=O) groups excluding carboxylic acids is 2. The molecule has 0 aliphatic carbocycles. The number of para-hydroxylation sites is 1. The van der Waals surface area contributed by atoms with Crippen molar-refractivity contribution in [1.82, 2.24) is 5.32 Å². The number of hydrogen-bond acceptors (Lipinski definition) is 4. The number of carbonyl (C=O) groups is 2. The number of ether oxygens (including phenoxy) is 1. The Bertz CT molecular complexity index is 403. The highest BCUT2D eigenvalue weighted by atomic mass is 16.5. The first-order valence-electron chi connectivity index (χ1n) is 4.73. The third-order valence-electron chi connectivity index (χ3n) is 2.05. The molecule has 0 spiro atoms. The van der Waals surface area contributed by atoms with Crippen molar-refractivity contribution < 1.29 is 19.4 Å². The van der Waals surface area contributed by atoms with Crippen LogP contribution in [0.3, 0.4) is 0 Å². The molecule has 0 aromatic heterocycles. The molecule has 1 atom stereocenters. The van der Waals surface area contributed by atoms with Crippen LogP contribution in [0.4, 0.5) is 0 Å². The predicted molar refractivity (Wildman–Crippen MR) is 57.1 cm³/mol. The summed E-state index contributed by atoms with van der Waals surface area (Å²) in [5.74, 6) is -1.18. The van der Waals surface area contributed by atoms with Gasteiger partial charge in [-0.3, -0.25) is 4.79 Å². The third-order valence-corrected chi connectivity index (χ3v) is 2.05. The Morgan fingerprint density at radius 3 is 2.56 bits per heavy atom. The second-order valence-corrected chi connectivity index (χ2v) is 3.24. The van der Waals surface area contributed by atoms with Crippen LogP contribution in [0.15, 0.2) is 24.3 Å². The molecule has 1 rings (SSSR count). The van der Waals surface area contributed by atoms with Gasteiger partial charge in [-0.15, -0.1) is 0 Å². The molecular formula is C11H13NO4. The number of phenolic OH excluding ortho intramolecular Hbond substituents is 1. The number of esters is 1. The van der Waals surface area contributed by atoms with Crippen molar-refractivity contribution in [3.8, 4) is 5.75 Å². The molecule has 1 aromatic carbocycles. The first-order chi connectivity index (χ1) is 7.56. The number of rotatable bonds is 3. The van der Waals surface area contributed by atoms with E-state index in [0.717, 1.165) is 0 Å². The van der Waals surface area contributed by atoms with E-state index in [4.69, 9.17) is 0 Å². The average Bonchev–Trinajstić information content (AvgIpc) is 2.28. The zero-order valence-corrected chi connectivity index (χ0v) is 9.06. The van der Waals surface area contributed by atoms with Crippen molar-refractivity contribution in [2.24, 2.45) is 0 Å². The van der Waals surface area contributed by atoms with E-state index < -0.39 is 17.9 Å². The molecule has 0 saturated heterocycles. The van der Waals surface area contributed by atoms with Gasteiger partial charge in [0.25, 0.3) is 5.91 Å². The molecule has 0 bridgehead atoms. The van der Waals surface area contributed by atoms with Crippen LogP contribution in [-0.2, 0) is 9.53 Å². The average molecular weight is 223 g/mol. The standard InChI is InChI=1S/C11H13NO4/c1-7(11(15)16-2)12-10(14)8-5-3-4-6-9(8)13/h3-7,13H,1-2H3,(H,12,14). The number of benzene rings is 1. The fraction of sp³-hybridized carbons (Fsp3) is 0.273. The van der Waals surface area contributed by atoms with Crippen molar-refractivity contribution >= 4 is 11.9 Å². The number of nitrogens with one attached hydrogen (secondary N) is 1. The van der Waals surface area contributed by atoms with Gasteiger partial charge in [0, 0.05) is 0 Å². The second kappa shape index (κ2) is 5.16. The minimum absolute atomic E-state index is 0.123. The lowest BCUT2D eigenvalue weighted by molar-refractivity contribution is -0.142. The molecule has 0 aliphatic rings. The number of amides is 1. The van der Waals surface area contributed by atoms with Gasteiger partial charge in [-0.05, 0) is 19.1 Å². The Kier molecular flexibility index (Phi) is 3.88. The summed E-state index contributed by atoms with van der Waals surface area (Å²) in [7, 11) is 1.24. The zero-order valence-electron chi connectivity index (χ0n) is 9.06. The molecule has 0 radical (unpaired) electrons. The zero-order chi connectivity index (χ0) is 12.1. The van der Waals surface area contributed by atoms with E-state index in [9.17, 15) is 14.7 Å². The molecule has 1 aromatic rings. The van der Waals surface area contributed by atoms with Crippen molar-refractivity contribution in [2.45, 2.75) is 13.0 Å². The minimum Gasteiger partial charge on any atom is -0.507 e. The van der Waals surface area contributed by atoms with Gasteiger partial charge in [-0.25, -0.2) is 4.79 Å². The summed E-state index contributed by atoms with van der Waals surface area (Å²) in [4.78, 5) is 22.7. The van der Waals surface area contributed by atoms with Gasteiger partial charge in [-0.1, -0.05) is 12.1 Å². The van der Waals surface area contributed by atoms with Crippen LogP contribution in [0.5, 0.6) is 5.75 Å². The molecule has 16 heavy (non-hydrogen) atoms. The number of phenols is 1. The molecule has 1 amide bonds. The summed E-state index contributed by atoms with van der Waals surface area (Å²) in [6.45, 7) is 1.50. The van der Waals surface area contributed by atoms with E-state index in [1.54, 1.807) is 12.1 Å². The molecule has 5 nitrogen and oxygen atoms in total. The maximum Gasteiger partial charge on any atom is 0.328 e. The van der Waals surface area contributed by atoms with E-state index in [1.165, 1.54) is 26.2 Å². The van der Waals surface area contributed by atoms with Gasteiger partial charge < -0.3 is 15.2 Å². The normalized spacial score (nSPS) is 11.6. The monoisotopic (exact) mass is 223 g/mol. The van der Waals surface area contributed by atoms with E-state index in [1.807, 2.05) is 0 Å². The third kappa shape index (κ3) is 2.73. The lowest BCUT2D eigenvalue weighted by atomic mass is 10.2. The number of hydrogen-bond donors (Lipinski definition) is 2. The Morgan fingerprint density at radius 2 is 2.00 bits per heavy atom. The van der Waals surface area contributed by atoms with Crippen molar-refractivity contribution in [3.05, 3.63) is 29.8 Å². The van der Waals surface area contributed by atoms with Crippen molar-refractivity contribution in [2.75, 3.05) is 7.11 Å². The van der Waals surface area contributed by atoms with Crippen LogP contribution >= 0.6 is 0 Å². The summed E-state index contributed by atoms with van der Waals surface area (Å²) in [5, 5.41) is 11.8. The highest BCUT2D eigenvalue weighted by molar-refractivity contribution is 5.98. The van der Waals surface area contributed by atoms with Crippen LogP contribution in [0, 0.1) is 0 Å². The second-order valence-electron chi connectivity index (χ2n) is 3.24. The lowest BCUT2D eigenvalue weighted by Crippen LogP contribution is -2.39. The molecule has 86 valence electrons. The molecule has 0 fully saturated rings. The van der Waals surface area contributed by atoms with Crippen molar-refractivity contribution in [3.63, 3.8) is 0 Å². The molecule has 5 heteroatoms. The first-order valence-corrected chi connectivity index (χ1v) is 4.73. The smallest absolute Gasteiger partial charge is 0.328 e. The summed E-state index contributed by atoms with van der Waals surface area (Å²) >= 11 is 0. The Morgan fingerprint density at radius 1 is 1.38 bits per heavy atom. The summed E-state index contributed by atoms with van der Waals surface area (Å²) < 4.78 is 4.46. The molecular weight excluding hydrogens is 210 g/mol. The van der Waals surface area contributed by atoms with E-state index in [0.29, 0.717) is 0 Å². The van der Waals surface area contributed by atoms with Crippen LogP contribution in [-0.4, -0.2) is 30.1 Å². The molecule has 1 unspecified atom stereocenters. The van der Waals surface area contributed by atoms with E-state index in [2.05, 4.69) is 10.1 Å². The van der Waals surface area contributed by atoms with Crippen LogP contribution in [0.1, 0.15) is 17.3 Å². The number of aromatic hydroxyl groups is 1. The largest absolute Gasteiger partial charge is 0.507 e. The van der Waals surface area contributed by atoms with E-state index >= 15 is 0 Å². The Balaban J connectivity index is 2.73. The maximum atomic E-state index is 11.6. The van der Waals surface area contributed by atoms with E-state index in [-0.39, 0.29) is 11.3 Å². The fourth-order valence-electron chi connectivity index (χ4n) is 1.18. The molecule has 2 N–H and O–H groups in total. The van der Waals surface area contributed by atoms with Gasteiger partial charge >= 0.3 is 5.97 Å². The van der Waals surface area contributed by atoms with Gasteiger partial charge in [-0.2, -0.15) is 0 Å². The van der Waals surface area contributed by atoms with Crippen molar-refractivity contribution in [1.29, 1.82) is 0 Å². The van der Waals surface area contributed by atoms with Gasteiger partial charge in [0.2, 0.25) is 0 Å². The lowest BCUT2D eigenvalue weighted by Gasteiger charge is -2.11. The van der Waals surface area contributed by atoms with Gasteiger partial charge in [0.15, 0.2) is 0 Å². The summed E-state index contributed by atoms with van der Waals surface area (Å²) in [6.07, 6.45) is 0. The summed E-state index contributed by atoms with van der Waals surface area (Å²) in [6, 6.07) is 5.34. The quantitative estimate of drug-likeness (QED) is 0.739. The van der Waals surface area contributed by atoms with Crippen LogP contribution < -0.4 is 5.32 Å². The topological polar surface area (TPSA) is 75.6 Å². The summed E-state index contributed by atoms with van der Waals surface area (Å²) in [5.41, 5.74) is 0.123. The Hall–Kier alpha value is -2.04. The Labute approximate surface area is 93.0 Å². The highest BCUT2D eigenvalue weighted by Crippen LogP contribution is 2.15. The SMILES string of the molecule is COC(=O)C(C)NC(=O)c1ccccc1O. The fourth-order valence-corrected chi connectivity index (χ4v) is 1.18. The van der Waals surface area contributed by atoms with Gasteiger partial charge in [0.05, 0.1) is 12.7 Å². The first kappa shape index (κ1) is 12.0. The minimum atomic E-state index is -0.753. The van der Waals surface area contributed by atoms with Crippen LogP contribution in [0.2, 0.25) is 0 Å². The molecule has 0 heterocycles. The highest BCUT2D eigenvalue weighted by Gasteiger charge is 2.18. The molecule has 0 aliphatic heterocycles. The maximum absolute atomic E-state index is 11.6. The predicted octanol–water partition coefficient (Wildman–Crippen LogP) is 0.683. The number of methoxy groups -OCH3 is 1. The van der Waals surface area contributed by atoms with Crippen LogP contribution in [0.25, 0.3) is 0 Å².